The van der Waals surface area contributed by atoms with Crippen molar-refractivity contribution >= 4 is 0 Å². The molecule has 1 fully saturated rings. The summed E-state index contributed by atoms with van der Waals surface area (Å²) in [6.07, 6.45) is 5.32. The molecule has 0 amide bonds. The zero-order chi connectivity index (χ0) is 19.7. The molecule has 0 spiro atoms. The minimum Gasteiger partial charge on any atom is -0.361 e. The molecule has 7 heteroatoms. The molecule has 1 aliphatic heterocycles. The summed E-state index contributed by atoms with van der Waals surface area (Å²) in [5.74, 6) is 2.27. The number of rotatable bonds is 4. The highest BCUT2D eigenvalue weighted by Gasteiger charge is 2.27. The summed E-state index contributed by atoms with van der Waals surface area (Å²) in [7, 11) is 0. The van der Waals surface area contributed by atoms with Gasteiger partial charge in [-0.2, -0.15) is 0 Å². The quantitative estimate of drug-likeness (QED) is 0.681. The average Bonchev–Trinajstić information content (AvgIpc) is 3.00. The third-order valence-corrected chi connectivity index (χ3v) is 5.28. The first-order valence-electron chi connectivity index (χ1n) is 9.82. The Morgan fingerprint density at radius 1 is 1.11 bits per heavy atom. The van der Waals surface area contributed by atoms with Gasteiger partial charge in [-0.1, -0.05) is 11.6 Å². The average molecular weight is 378 g/mol. The van der Waals surface area contributed by atoms with E-state index in [0.717, 1.165) is 59.4 Å². The zero-order valence-electron chi connectivity index (χ0n) is 16.9. The molecule has 0 saturated carbocycles. The molecule has 3 aromatic rings. The van der Waals surface area contributed by atoms with Gasteiger partial charge in [0.15, 0.2) is 5.82 Å². The predicted octanol–water partition coefficient (Wildman–Crippen LogP) is 3.88. The van der Waals surface area contributed by atoms with E-state index < -0.39 is 0 Å². The summed E-state index contributed by atoms with van der Waals surface area (Å²) >= 11 is 0. The molecule has 1 atom stereocenters. The normalized spacial score (nSPS) is 17.8. The topological polar surface area (TPSA) is 80.8 Å². The minimum atomic E-state index is 0.255. The first-order valence-corrected chi connectivity index (χ1v) is 9.82. The largest absolute Gasteiger partial charge is 0.361 e. The molecule has 4 rings (SSSR count). The van der Waals surface area contributed by atoms with E-state index in [-0.39, 0.29) is 6.04 Å². The number of piperidine rings is 1. The molecule has 0 aromatic carbocycles. The van der Waals surface area contributed by atoms with Gasteiger partial charge in [0, 0.05) is 18.4 Å². The van der Waals surface area contributed by atoms with Crippen molar-refractivity contribution in [2.24, 2.45) is 0 Å². The summed E-state index contributed by atoms with van der Waals surface area (Å²) in [6, 6.07) is 4.36. The molecule has 1 unspecified atom stereocenters. The third-order valence-electron chi connectivity index (χ3n) is 5.28. The molecule has 0 radical (unpaired) electrons. The Balaban J connectivity index is 1.68. The molecule has 7 nitrogen and oxygen atoms in total. The summed E-state index contributed by atoms with van der Waals surface area (Å²) in [5.41, 5.74) is 4.80. The fraction of sp³-hybridized carbons (Fsp3) is 0.476. The molecule has 1 saturated heterocycles. The predicted molar refractivity (Wildman–Crippen MR) is 106 cm³/mol. The first kappa shape index (κ1) is 18.7. The second-order valence-corrected chi connectivity index (χ2v) is 7.53. The van der Waals surface area contributed by atoms with E-state index in [9.17, 15) is 0 Å². The molecule has 0 aliphatic carbocycles. The summed E-state index contributed by atoms with van der Waals surface area (Å²) < 4.78 is 5.33. The lowest BCUT2D eigenvalue weighted by Gasteiger charge is -2.35. The van der Waals surface area contributed by atoms with Crippen LogP contribution in [0.5, 0.6) is 0 Å². The number of nitrogens with zero attached hydrogens (tertiary/aromatic N) is 6. The maximum atomic E-state index is 5.33. The van der Waals surface area contributed by atoms with E-state index in [0.29, 0.717) is 5.82 Å². The van der Waals surface area contributed by atoms with E-state index >= 15 is 0 Å². The van der Waals surface area contributed by atoms with Crippen LogP contribution in [0.3, 0.4) is 0 Å². The number of hydrogen-bond acceptors (Lipinski definition) is 7. The van der Waals surface area contributed by atoms with Gasteiger partial charge in [-0.15, -0.1) is 0 Å². The number of likely N-dealkylation sites (tertiary alicyclic amines) is 1. The zero-order valence-corrected chi connectivity index (χ0v) is 16.9. The lowest BCUT2D eigenvalue weighted by molar-refractivity contribution is 0.135. The second-order valence-electron chi connectivity index (χ2n) is 7.53. The Kier molecular flexibility index (Phi) is 5.17. The van der Waals surface area contributed by atoms with Gasteiger partial charge in [0.2, 0.25) is 0 Å². The van der Waals surface area contributed by atoms with E-state index in [1.165, 1.54) is 12.8 Å². The Bertz CT molecular complexity index is 963. The van der Waals surface area contributed by atoms with E-state index in [4.69, 9.17) is 9.51 Å². The lowest BCUT2D eigenvalue weighted by Crippen LogP contribution is -2.34. The number of hydrogen-bond donors (Lipinski definition) is 0. The van der Waals surface area contributed by atoms with Crippen LogP contribution in [-0.2, 0) is 6.54 Å². The Labute approximate surface area is 165 Å². The van der Waals surface area contributed by atoms with Crippen molar-refractivity contribution in [3.05, 3.63) is 52.7 Å². The van der Waals surface area contributed by atoms with Crippen LogP contribution in [0, 0.1) is 27.7 Å². The van der Waals surface area contributed by atoms with Crippen molar-refractivity contribution in [2.45, 2.75) is 59.5 Å². The fourth-order valence-corrected chi connectivity index (χ4v) is 3.99. The molecule has 0 bridgehead atoms. The third kappa shape index (κ3) is 3.80. The van der Waals surface area contributed by atoms with Crippen LogP contribution < -0.4 is 0 Å². The molecular formula is C21H26N6O. The van der Waals surface area contributed by atoms with Crippen molar-refractivity contribution in [3.63, 3.8) is 0 Å². The van der Waals surface area contributed by atoms with Crippen molar-refractivity contribution in [2.75, 3.05) is 6.54 Å². The maximum absolute atomic E-state index is 5.33. The van der Waals surface area contributed by atoms with Crippen LogP contribution in [0.2, 0.25) is 0 Å². The maximum Gasteiger partial charge on any atom is 0.165 e. The van der Waals surface area contributed by atoms with Crippen LogP contribution in [0.4, 0.5) is 0 Å². The minimum absolute atomic E-state index is 0.255. The highest BCUT2D eigenvalue weighted by Crippen LogP contribution is 2.33. The molecule has 28 heavy (non-hydrogen) atoms. The van der Waals surface area contributed by atoms with Gasteiger partial charge in [-0.05, 0) is 59.2 Å². The summed E-state index contributed by atoms with van der Waals surface area (Å²) in [6.45, 7) is 9.64. The Morgan fingerprint density at radius 2 is 1.96 bits per heavy atom. The SMILES string of the molecule is Cc1cc(C2CCCCN2Cc2ccnc(C)n2)nc(-c2c(C)noc2C)n1. The van der Waals surface area contributed by atoms with Gasteiger partial charge in [-0.25, -0.2) is 19.9 Å². The molecule has 4 heterocycles. The van der Waals surface area contributed by atoms with Gasteiger partial charge in [0.05, 0.1) is 28.7 Å². The molecule has 1 aliphatic rings. The number of aryl methyl sites for hydroxylation is 4. The number of aromatic nitrogens is 5. The van der Waals surface area contributed by atoms with Crippen LogP contribution in [0.15, 0.2) is 22.9 Å². The van der Waals surface area contributed by atoms with Crippen LogP contribution in [-0.4, -0.2) is 36.5 Å². The second kappa shape index (κ2) is 7.75. The molecule has 3 aromatic heterocycles. The monoisotopic (exact) mass is 378 g/mol. The highest BCUT2D eigenvalue weighted by molar-refractivity contribution is 5.60. The smallest absolute Gasteiger partial charge is 0.165 e. The van der Waals surface area contributed by atoms with Gasteiger partial charge >= 0.3 is 0 Å². The van der Waals surface area contributed by atoms with Crippen LogP contribution >= 0.6 is 0 Å². The van der Waals surface area contributed by atoms with Gasteiger partial charge in [0.25, 0.3) is 0 Å². The molecule has 0 N–H and O–H groups in total. The van der Waals surface area contributed by atoms with E-state index in [2.05, 4.69) is 31.1 Å². The molecular weight excluding hydrogens is 352 g/mol. The molecule has 146 valence electrons. The fourth-order valence-electron chi connectivity index (χ4n) is 3.99. The Morgan fingerprint density at radius 3 is 2.71 bits per heavy atom. The first-order chi connectivity index (χ1) is 13.5. The Hall–Kier alpha value is -2.67. The van der Waals surface area contributed by atoms with Gasteiger partial charge in [0.1, 0.15) is 11.6 Å². The van der Waals surface area contributed by atoms with Gasteiger partial charge in [-0.3, -0.25) is 4.90 Å². The van der Waals surface area contributed by atoms with Crippen LogP contribution in [0.25, 0.3) is 11.4 Å². The lowest BCUT2D eigenvalue weighted by atomic mass is 9.98. The van der Waals surface area contributed by atoms with E-state index in [1.807, 2.05) is 40.0 Å². The van der Waals surface area contributed by atoms with Crippen molar-refractivity contribution in [1.29, 1.82) is 0 Å². The van der Waals surface area contributed by atoms with Crippen molar-refractivity contribution in [3.8, 4) is 11.4 Å². The highest BCUT2D eigenvalue weighted by atomic mass is 16.5. The van der Waals surface area contributed by atoms with Crippen LogP contribution in [0.1, 0.15) is 59.7 Å². The summed E-state index contributed by atoms with van der Waals surface area (Å²) in [4.78, 5) is 20.9. The van der Waals surface area contributed by atoms with Crippen molar-refractivity contribution < 1.29 is 4.52 Å². The van der Waals surface area contributed by atoms with Crippen molar-refractivity contribution in [1.82, 2.24) is 30.0 Å². The summed E-state index contributed by atoms with van der Waals surface area (Å²) in [5, 5.41) is 4.06. The van der Waals surface area contributed by atoms with E-state index in [1.54, 1.807) is 0 Å². The van der Waals surface area contributed by atoms with Gasteiger partial charge < -0.3 is 4.52 Å². The standard InChI is InChI=1S/C21H26N6O/c1-13-11-18(25-21(23-13)20-14(2)26-28-15(20)3)19-7-5-6-10-27(19)12-17-8-9-22-16(4)24-17/h8-9,11,19H,5-7,10,12H2,1-4H3.